The maximum absolute atomic E-state index is 12.5. The zero-order valence-corrected chi connectivity index (χ0v) is 13.0. The Morgan fingerprint density at radius 1 is 1.23 bits per heavy atom. The number of hydrogen-bond donors (Lipinski definition) is 1. The highest BCUT2D eigenvalue weighted by Gasteiger charge is 2.30. The fraction of sp³-hybridized carbons (Fsp3) is 0.529. The zero-order valence-electron chi connectivity index (χ0n) is 13.0. The van der Waals surface area contributed by atoms with E-state index in [1.807, 2.05) is 4.90 Å². The molecule has 3 rings (SSSR count). The third-order valence-corrected chi connectivity index (χ3v) is 4.49. The monoisotopic (exact) mass is 301 g/mol. The number of nitrogens with one attached hydrogen (secondary N) is 1. The van der Waals surface area contributed by atoms with Gasteiger partial charge in [0.15, 0.2) is 0 Å². The maximum atomic E-state index is 12.5. The van der Waals surface area contributed by atoms with E-state index in [2.05, 4.69) is 41.4 Å². The highest BCUT2D eigenvalue weighted by Crippen LogP contribution is 2.19. The molecule has 0 bridgehead atoms. The smallest absolute Gasteiger partial charge is 0.245 e. The molecule has 1 aromatic carbocycles. The first-order valence-corrected chi connectivity index (χ1v) is 8.03. The molecule has 5 nitrogen and oxygen atoms in total. The van der Waals surface area contributed by atoms with Crippen LogP contribution in [0.25, 0.3) is 0 Å². The van der Waals surface area contributed by atoms with Crippen molar-refractivity contribution in [1.29, 1.82) is 0 Å². The summed E-state index contributed by atoms with van der Waals surface area (Å²) in [6.07, 6.45) is 2.12. The number of carbonyl (C=O) groups excluding carboxylic acids is 2. The summed E-state index contributed by atoms with van der Waals surface area (Å²) in [5.74, 6) is 0.0833. The van der Waals surface area contributed by atoms with E-state index >= 15 is 0 Å². The molecule has 0 aliphatic carbocycles. The topological polar surface area (TPSA) is 52.7 Å². The van der Waals surface area contributed by atoms with Crippen LogP contribution in [0.1, 0.15) is 24.8 Å². The van der Waals surface area contributed by atoms with Crippen molar-refractivity contribution in [3.63, 3.8) is 0 Å². The standard InChI is InChI=1S/C17H23N3O2/c1-13-4-2-5-14(12-13)19-8-10-20(11-9-19)17(22)15-6-3-7-16(21)18-15/h2,4-5,12,15H,3,6-11H2,1H3,(H,18,21)/t15-/m1/s1. The second-order valence-corrected chi connectivity index (χ2v) is 6.16. The molecule has 2 heterocycles. The minimum Gasteiger partial charge on any atom is -0.368 e. The first kappa shape index (κ1) is 14.9. The molecule has 0 aromatic heterocycles. The molecule has 2 saturated heterocycles. The Labute approximate surface area is 131 Å². The molecule has 2 aliphatic heterocycles. The molecule has 2 aliphatic rings. The Bertz CT molecular complexity index is 565. The van der Waals surface area contributed by atoms with Crippen molar-refractivity contribution >= 4 is 17.5 Å². The van der Waals surface area contributed by atoms with Crippen molar-refractivity contribution in [2.45, 2.75) is 32.2 Å². The van der Waals surface area contributed by atoms with E-state index in [-0.39, 0.29) is 17.9 Å². The molecule has 0 saturated carbocycles. The Balaban J connectivity index is 1.57. The van der Waals surface area contributed by atoms with Crippen molar-refractivity contribution in [1.82, 2.24) is 10.2 Å². The van der Waals surface area contributed by atoms with Gasteiger partial charge in [-0.1, -0.05) is 12.1 Å². The van der Waals surface area contributed by atoms with E-state index < -0.39 is 0 Å². The lowest BCUT2D eigenvalue weighted by Crippen LogP contribution is -2.56. The largest absolute Gasteiger partial charge is 0.368 e. The van der Waals surface area contributed by atoms with E-state index in [9.17, 15) is 9.59 Å². The van der Waals surface area contributed by atoms with Crippen LogP contribution in [0, 0.1) is 6.92 Å². The summed E-state index contributed by atoms with van der Waals surface area (Å²) < 4.78 is 0. The van der Waals surface area contributed by atoms with E-state index in [0.29, 0.717) is 6.42 Å². The molecule has 1 atom stereocenters. The van der Waals surface area contributed by atoms with Gasteiger partial charge < -0.3 is 15.1 Å². The van der Waals surface area contributed by atoms with Gasteiger partial charge in [0, 0.05) is 38.3 Å². The fourth-order valence-corrected chi connectivity index (χ4v) is 3.22. The van der Waals surface area contributed by atoms with Gasteiger partial charge in [0.1, 0.15) is 6.04 Å². The highest BCUT2D eigenvalue weighted by atomic mass is 16.2. The number of rotatable bonds is 2. The number of benzene rings is 1. The third-order valence-electron chi connectivity index (χ3n) is 4.49. The predicted octanol–water partition coefficient (Wildman–Crippen LogP) is 1.31. The molecule has 2 fully saturated rings. The average molecular weight is 301 g/mol. The molecule has 22 heavy (non-hydrogen) atoms. The summed E-state index contributed by atoms with van der Waals surface area (Å²) in [5.41, 5.74) is 2.47. The van der Waals surface area contributed by atoms with Crippen molar-refractivity contribution in [3.05, 3.63) is 29.8 Å². The number of nitrogens with zero attached hydrogens (tertiary/aromatic N) is 2. The molecule has 1 aromatic rings. The van der Waals surface area contributed by atoms with Gasteiger partial charge in [-0.25, -0.2) is 0 Å². The van der Waals surface area contributed by atoms with Crippen LogP contribution in [-0.2, 0) is 9.59 Å². The van der Waals surface area contributed by atoms with Crippen molar-refractivity contribution in [2.75, 3.05) is 31.1 Å². The van der Waals surface area contributed by atoms with Crippen LogP contribution >= 0.6 is 0 Å². The zero-order chi connectivity index (χ0) is 15.5. The van der Waals surface area contributed by atoms with Gasteiger partial charge in [-0.2, -0.15) is 0 Å². The molecule has 0 radical (unpaired) electrons. The molecule has 5 heteroatoms. The van der Waals surface area contributed by atoms with E-state index in [1.165, 1.54) is 11.3 Å². The number of anilines is 1. The van der Waals surface area contributed by atoms with Crippen molar-refractivity contribution in [3.8, 4) is 0 Å². The lowest BCUT2D eigenvalue weighted by molar-refractivity contribution is -0.138. The van der Waals surface area contributed by atoms with Crippen LogP contribution in [0.2, 0.25) is 0 Å². The predicted molar refractivity (Wildman–Crippen MR) is 85.8 cm³/mol. The molecular weight excluding hydrogens is 278 g/mol. The van der Waals surface area contributed by atoms with Crippen LogP contribution in [0.4, 0.5) is 5.69 Å². The second kappa shape index (κ2) is 6.38. The number of piperidine rings is 1. The molecular formula is C17H23N3O2. The van der Waals surface area contributed by atoms with Crippen LogP contribution in [0.15, 0.2) is 24.3 Å². The number of piperazine rings is 1. The summed E-state index contributed by atoms with van der Waals surface area (Å²) >= 11 is 0. The summed E-state index contributed by atoms with van der Waals surface area (Å²) in [5, 5.41) is 2.82. The number of carbonyl (C=O) groups is 2. The van der Waals surface area contributed by atoms with Gasteiger partial charge in [0.2, 0.25) is 11.8 Å². The average Bonchev–Trinajstić information content (AvgIpc) is 2.54. The molecule has 1 N–H and O–H groups in total. The Hall–Kier alpha value is -2.04. The number of amides is 2. The third kappa shape index (κ3) is 3.24. The highest BCUT2D eigenvalue weighted by molar-refractivity contribution is 5.88. The minimum absolute atomic E-state index is 0.00277. The van der Waals surface area contributed by atoms with Crippen LogP contribution in [0.3, 0.4) is 0 Å². The molecule has 0 spiro atoms. The van der Waals surface area contributed by atoms with Crippen LogP contribution in [-0.4, -0.2) is 48.9 Å². The van der Waals surface area contributed by atoms with Crippen molar-refractivity contribution < 1.29 is 9.59 Å². The Morgan fingerprint density at radius 2 is 2.00 bits per heavy atom. The van der Waals surface area contributed by atoms with Gasteiger partial charge in [-0.3, -0.25) is 9.59 Å². The van der Waals surface area contributed by atoms with E-state index in [1.54, 1.807) is 0 Å². The van der Waals surface area contributed by atoms with E-state index in [0.717, 1.165) is 39.0 Å². The Kier molecular flexibility index (Phi) is 4.32. The van der Waals surface area contributed by atoms with Gasteiger partial charge in [-0.15, -0.1) is 0 Å². The lowest BCUT2D eigenvalue weighted by atomic mass is 10.0. The minimum atomic E-state index is -0.313. The summed E-state index contributed by atoms with van der Waals surface area (Å²) in [6, 6.07) is 8.14. The number of hydrogen-bond acceptors (Lipinski definition) is 3. The quantitative estimate of drug-likeness (QED) is 0.896. The second-order valence-electron chi connectivity index (χ2n) is 6.16. The maximum Gasteiger partial charge on any atom is 0.245 e. The van der Waals surface area contributed by atoms with Crippen LogP contribution in [0.5, 0.6) is 0 Å². The SMILES string of the molecule is Cc1cccc(N2CCN(C(=O)[C@H]3CCCC(=O)N3)CC2)c1. The van der Waals surface area contributed by atoms with Crippen molar-refractivity contribution in [2.24, 2.45) is 0 Å². The van der Waals surface area contributed by atoms with Gasteiger partial charge in [0.05, 0.1) is 0 Å². The molecule has 0 unspecified atom stereocenters. The molecule has 2 amide bonds. The Morgan fingerprint density at radius 3 is 2.68 bits per heavy atom. The summed E-state index contributed by atoms with van der Waals surface area (Å²) in [7, 11) is 0. The lowest BCUT2D eigenvalue weighted by Gasteiger charge is -2.38. The fourth-order valence-electron chi connectivity index (χ4n) is 3.22. The van der Waals surface area contributed by atoms with Gasteiger partial charge >= 0.3 is 0 Å². The normalized spacial score (nSPS) is 22.4. The summed E-state index contributed by atoms with van der Waals surface area (Å²) in [6.45, 7) is 5.22. The summed E-state index contributed by atoms with van der Waals surface area (Å²) in [4.78, 5) is 28.1. The van der Waals surface area contributed by atoms with Gasteiger partial charge in [0.25, 0.3) is 0 Å². The van der Waals surface area contributed by atoms with E-state index in [4.69, 9.17) is 0 Å². The first-order chi connectivity index (χ1) is 10.6. The molecule has 118 valence electrons. The van der Waals surface area contributed by atoms with Gasteiger partial charge in [-0.05, 0) is 37.5 Å². The van der Waals surface area contributed by atoms with Crippen LogP contribution < -0.4 is 10.2 Å². The first-order valence-electron chi connectivity index (χ1n) is 8.03. The number of aryl methyl sites for hydroxylation is 1.